The minimum atomic E-state index is -0.143. The molecule has 98 valence electrons. The van der Waals surface area contributed by atoms with Crippen LogP contribution < -0.4 is 11.1 Å². The van der Waals surface area contributed by atoms with E-state index in [9.17, 15) is 9.59 Å². The summed E-state index contributed by atoms with van der Waals surface area (Å²) < 4.78 is 0. The Balaban J connectivity index is 2.94. The summed E-state index contributed by atoms with van der Waals surface area (Å²) in [7, 11) is 3.38. The molecule has 0 spiro atoms. The van der Waals surface area contributed by atoms with E-state index in [2.05, 4.69) is 5.32 Å². The highest BCUT2D eigenvalue weighted by atomic mass is 16.2. The topological polar surface area (TPSA) is 75.4 Å². The number of carbonyl (C=O) groups is 2. The van der Waals surface area contributed by atoms with Crippen molar-refractivity contribution in [1.82, 2.24) is 4.90 Å². The van der Waals surface area contributed by atoms with Crippen LogP contribution in [-0.2, 0) is 4.79 Å². The molecule has 0 atom stereocenters. The fourth-order valence-electron chi connectivity index (χ4n) is 1.49. The van der Waals surface area contributed by atoms with Crippen molar-refractivity contribution < 1.29 is 9.59 Å². The number of hydrogen-bond acceptors (Lipinski definition) is 3. The third-order valence-corrected chi connectivity index (χ3v) is 2.54. The van der Waals surface area contributed by atoms with Gasteiger partial charge in [-0.05, 0) is 24.6 Å². The van der Waals surface area contributed by atoms with Crippen LogP contribution in [0.5, 0.6) is 0 Å². The van der Waals surface area contributed by atoms with Gasteiger partial charge in [0.2, 0.25) is 5.91 Å². The van der Waals surface area contributed by atoms with Gasteiger partial charge in [0.05, 0.1) is 0 Å². The third-order valence-electron chi connectivity index (χ3n) is 2.54. The summed E-state index contributed by atoms with van der Waals surface area (Å²) in [5.41, 5.74) is 7.43. The van der Waals surface area contributed by atoms with E-state index in [1.165, 1.54) is 4.90 Å². The largest absolute Gasteiger partial charge is 0.345 e. The maximum absolute atomic E-state index is 11.8. The highest BCUT2D eigenvalue weighted by Crippen LogP contribution is 2.18. The van der Waals surface area contributed by atoms with Gasteiger partial charge in [0.15, 0.2) is 0 Å². The van der Waals surface area contributed by atoms with Crippen LogP contribution in [0.2, 0.25) is 0 Å². The van der Waals surface area contributed by atoms with Crippen molar-refractivity contribution in [2.75, 3.05) is 26.0 Å². The van der Waals surface area contributed by atoms with Crippen molar-refractivity contribution in [3.8, 4) is 0 Å². The van der Waals surface area contributed by atoms with Crippen LogP contribution in [0.3, 0.4) is 0 Å². The standard InChI is InChI=1S/C13H19N3O2/c1-9-4-5-10(13(18)16(2)3)8-11(9)15-12(17)6-7-14/h4-5,8H,6-7,14H2,1-3H3,(H,15,17). The molecule has 5 heteroatoms. The summed E-state index contributed by atoms with van der Waals surface area (Å²) in [6.45, 7) is 2.18. The normalized spacial score (nSPS) is 10.0. The quantitative estimate of drug-likeness (QED) is 0.835. The Morgan fingerprint density at radius 1 is 1.33 bits per heavy atom. The molecule has 3 N–H and O–H groups in total. The second-order valence-electron chi connectivity index (χ2n) is 4.32. The molecule has 0 heterocycles. The summed E-state index contributed by atoms with van der Waals surface area (Å²) in [6, 6.07) is 5.25. The Morgan fingerprint density at radius 3 is 2.56 bits per heavy atom. The summed E-state index contributed by atoms with van der Waals surface area (Å²) in [5, 5.41) is 2.76. The number of nitrogens with two attached hydrogens (primary N) is 1. The maximum Gasteiger partial charge on any atom is 0.253 e. The lowest BCUT2D eigenvalue weighted by Crippen LogP contribution is -2.22. The molecule has 0 radical (unpaired) electrons. The Hall–Kier alpha value is -1.88. The van der Waals surface area contributed by atoms with Gasteiger partial charge in [-0.15, -0.1) is 0 Å². The van der Waals surface area contributed by atoms with Crippen LogP contribution in [0.1, 0.15) is 22.3 Å². The number of carbonyl (C=O) groups excluding carboxylic acids is 2. The summed E-state index contributed by atoms with van der Waals surface area (Å²) in [5.74, 6) is -0.237. The SMILES string of the molecule is Cc1ccc(C(=O)N(C)C)cc1NC(=O)CCN. The molecule has 0 aliphatic carbocycles. The predicted molar refractivity (Wildman–Crippen MR) is 71.5 cm³/mol. The van der Waals surface area contributed by atoms with Crippen molar-refractivity contribution in [2.45, 2.75) is 13.3 Å². The average molecular weight is 249 g/mol. The van der Waals surface area contributed by atoms with E-state index in [1.807, 2.05) is 13.0 Å². The monoisotopic (exact) mass is 249 g/mol. The fraction of sp³-hybridized carbons (Fsp3) is 0.385. The highest BCUT2D eigenvalue weighted by Gasteiger charge is 2.11. The number of aryl methyl sites for hydroxylation is 1. The molecule has 0 aliphatic rings. The first-order chi connectivity index (χ1) is 8.45. The lowest BCUT2D eigenvalue weighted by Gasteiger charge is -2.13. The van der Waals surface area contributed by atoms with Crippen molar-refractivity contribution in [2.24, 2.45) is 5.73 Å². The predicted octanol–water partition coefficient (Wildman–Crippen LogP) is 0.984. The Kier molecular flexibility index (Phi) is 4.85. The molecule has 0 saturated heterocycles. The second kappa shape index (κ2) is 6.16. The molecule has 0 aromatic heterocycles. The van der Waals surface area contributed by atoms with Crippen LogP contribution in [-0.4, -0.2) is 37.4 Å². The molecule has 5 nitrogen and oxygen atoms in total. The molecule has 0 bridgehead atoms. The van der Waals surface area contributed by atoms with Crippen LogP contribution >= 0.6 is 0 Å². The Labute approximate surface area is 107 Å². The number of benzene rings is 1. The summed E-state index contributed by atoms with van der Waals surface area (Å²) in [6.07, 6.45) is 0.269. The third kappa shape index (κ3) is 3.56. The van der Waals surface area contributed by atoms with Gasteiger partial charge in [-0.25, -0.2) is 0 Å². The maximum atomic E-state index is 11.8. The zero-order chi connectivity index (χ0) is 13.7. The molecule has 18 heavy (non-hydrogen) atoms. The van der Waals surface area contributed by atoms with Crippen LogP contribution in [0.15, 0.2) is 18.2 Å². The number of nitrogens with zero attached hydrogens (tertiary/aromatic N) is 1. The molecule has 2 amide bonds. The minimum Gasteiger partial charge on any atom is -0.345 e. The zero-order valence-corrected chi connectivity index (χ0v) is 11.0. The van der Waals surface area contributed by atoms with E-state index in [1.54, 1.807) is 26.2 Å². The van der Waals surface area contributed by atoms with Crippen LogP contribution in [0, 0.1) is 6.92 Å². The van der Waals surface area contributed by atoms with E-state index in [0.717, 1.165) is 5.56 Å². The molecular weight excluding hydrogens is 230 g/mol. The number of amides is 2. The fourth-order valence-corrected chi connectivity index (χ4v) is 1.49. The van der Waals surface area contributed by atoms with Crippen LogP contribution in [0.25, 0.3) is 0 Å². The first-order valence-corrected chi connectivity index (χ1v) is 5.78. The minimum absolute atomic E-state index is 0.0932. The van der Waals surface area contributed by atoms with Gasteiger partial charge in [-0.1, -0.05) is 6.07 Å². The van der Waals surface area contributed by atoms with Gasteiger partial charge < -0.3 is 16.0 Å². The van der Waals surface area contributed by atoms with E-state index in [-0.39, 0.29) is 18.2 Å². The molecule has 0 fully saturated rings. The molecule has 0 aliphatic heterocycles. The zero-order valence-electron chi connectivity index (χ0n) is 11.0. The molecule has 1 rings (SSSR count). The molecule has 1 aromatic rings. The first-order valence-electron chi connectivity index (χ1n) is 5.78. The van der Waals surface area contributed by atoms with Gasteiger partial charge in [-0.3, -0.25) is 9.59 Å². The van der Waals surface area contributed by atoms with Gasteiger partial charge in [0, 0.05) is 38.3 Å². The Morgan fingerprint density at radius 2 is 2.00 bits per heavy atom. The number of rotatable bonds is 4. The van der Waals surface area contributed by atoms with Gasteiger partial charge in [0.25, 0.3) is 5.91 Å². The number of anilines is 1. The van der Waals surface area contributed by atoms with Crippen molar-refractivity contribution >= 4 is 17.5 Å². The van der Waals surface area contributed by atoms with Gasteiger partial charge >= 0.3 is 0 Å². The highest BCUT2D eigenvalue weighted by molar-refractivity contribution is 5.97. The summed E-state index contributed by atoms with van der Waals surface area (Å²) in [4.78, 5) is 24.8. The van der Waals surface area contributed by atoms with Crippen molar-refractivity contribution in [3.63, 3.8) is 0 Å². The average Bonchev–Trinajstić information content (AvgIpc) is 2.31. The molecule has 0 saturated carbocycles. The second-order valence-corrected chi connectivity index (χ2v) is 4.32. The lowest BCUT2D eigenvalue weighted by molar-refractivity contribution is -0.116. The van der Waals surface area contributed by atoms with Crippen molar-refractivity contribution in [3.05, 3.63) is 29.3 Å². The smallest absolute Gasteiger partial charge is 0.253 e. The molecule has 0 unspecified atom stereocenters. The van der Waals surface area contributed by atoms with E-state index in [0.29, 0.717) is 17.8 Å². The van der Waals surface area contributed by atoms with Crippen molar-refractivity contribution in [1.29, 1.82) is 0 Å². The van der Waals surface area contributed by atoms with E-state index in [4.69, 9.17) is 5.73 Å². The van der Waals surface area contributed by atoms with E-state index < -0.39 is 0 Å². The summed E-state index contributed by atoms with van der Waals surface area (Å²) >= 11 is 0. The van der Waals surface area contributed by atoms with Gasteiger partial charge in [-0.2, -0.15) is 0 Å². The van der Waals surface area contributed by atoms with Crippen LogP contribution in [0.4, 0.5) is 5.69 Å². The van der Waals surface area contributed by atoms with Gasteiger partial charge in [0.1, 0.15) is 0 Å². The molecule has 1 aromatic carbocycles. The Bertz CT molecular complexity index is 456. The van der Waals surface area contributed by atoms with E-state index >= 15 is 0 Å². The number of nitrogens with one attached hydrogen (secondary N) is 1. The first kappa shape index (κ1) is 14.2. The molecular formula is C13H19N3O2. The lowest BCUT2D eigenvalue weighted by atomic mass is 10.1. The number of hydrogen-bond donors (Lipinski definition) is 2.